The van der Waals surface area contributed by atoms with Crippen LogP contribution in [0.2, 0.25) is 0 Å². The molecule has 9 aromatic carbocycles. The lowest BCUT2D eigenvalue weighted by atomic mass is 9.97. The highest BCUT2D eigenvalue weighted by Gasteiger charge is 2.43. The van der Waals surface area contributed by atoms with Gasteiger partial charge >= 0.3 is 0 Å². The van der Waals surface area contributed by atoms with Crippen molar-refractivity contribution in [3.8, 4) is 56.4 Å². The molecule has 0 saturated heterocycles. The number of aromatic nitrogens is 3. The lowest BCUT2D eigenvalue weighted by Gasteiger charge is -2.35. The minimum absolute atomic E-state index is 0.625. The smallest absolute Gasteiger partial charge is 0.180 e. The molecule has 11 aromatic rings. The van der Waals surface area contributed by atoms with Crippen molar-refractivity contribution in [3.63, 3.8) is 0 Å². The Morgan fingerprint density at radius 3 is 1.19 bits per heavy atom. The quantitative estimate of drug-likeness (QED) is 0.108. The molecule has 2 heterocycles. The highest BCUT2D eigenvalue weighted by molar-refractivity contribution is 7.20. The van der Waals surface area contributed by atoms with E-state index in [2.05, 4.69) is 176 Å². The Morgan fingerprint density at radius 2 is 0.677 bits per heavy atom. The van der Waals surface area contributed by atoms with Gasteiger partial charge in [-0.15, -0.1) is 0 Å². The van der Waals surface area contributed by atoms with Gasteiger partial charge in [-0.3, -0.25) is 0 Å². The van der Waals surface area contributed by atoms with Crippen molar-refractivity contribution in [2.75, 3.05) is 0 Å². The third-order valence-corrected chi connectivity index (χ3v) is 16.7. The Labute approximate surface area is 361 Å². The third kappa shape index (κ3) is 6.62. The van der Waals surface area contributed by atoms with Crippen LogP contribution in [0.4, 0.5) is 0 Å². The van der Waals surface area contributed by atoms with Gasteiger partial charge in [0.05, 0.1) is 0 Å². The second-order valence-electron chi connectivity index (χ2n) is 15.5. The lowest BCUT2D eigenvalue weighted by molar-refractivity contribution is 0.669. The van der Waals surface area contributed by atoms with Gasteiger partial charge in [-0.1, -0.05) is 212 Å². The highest BCUT2D eigenvalue weighted by atomic mass is 28.3. The molecule has 0 radical (unpaired) electrons. The first-order valence-electron chi connectivity index (χ1n) is 20.9. The molecule has 0 aliphatic heterocycles. The first kappa shape index (κ1) is 37.0. The summed E-state index contributed by atoms with van der Waals surface area (Å²) < 4.78 is 6.82. The summed E-state index contributed by atoms with van der Waals surface area (Å²) in [7, 11) is -2.97. The second-order valence-corrected chi connectivity index (χ2v) is 19.3. The van der Waals surface area contributed by atoms with Crippen molar-refractivity contribution in [2.24, 2.45) is 0 Å². The number of hydrogen-bond donors (Lipinski definition) is 0. The maximum absolute atomic E-state index is 6.82. The fourth-order valence-electron chi connectivity index (χ4n) is 9.00. The Balaban J connectivity index is 1.10. The van der Waals surface area contributed by atoms with E-state index in [1.54, 1.807) is 0 Å². The molecule has 0 fully saturated rings. The van der Waals surface area contributed by atoms with Crippen molar-refractivity contribution in [3.05, 3.63) is 237 Å². The van der Waals surface area contributed by atoms with Gasteiger partial charge < -0.3 is 4.42 Å². The van der Waals surface area contributed by atoms with E-state index in [9.17, 15) is 0 Å². The summed E-state index contributed by atoms with van der Waals surface area (Å²) in [5, 5.41) is 7.53. The number of hydrogen-bond acceptors (Lipinski definition) is 4. The van der Waals surface area contributed by atoms with Gasteiger partial charge in [-0.05, 0) is 67.3 Å². The molecule has 0 aliphatic carbocycles. The summed E-state index contributed by atoms with van der Waals surface area (Å²) in [5.74, 6) is 1.90. The molecular weight excluding hydrogens is 771 g/mol. The maximum Gasteiger partial charge on any atom is 0.180 e. The van der Waals surface area contributed by atoms with Gasteiger partial charge in [0.25, 0.3) is 0 Å². The third-order valence-electron chi connectivity index (χ3n) is 11.9. The molecule has 0 aliphatic rings. The number of rotatable bonds is 9. The van der Waals surface area contributed by atoms with E-state index in [0.29, 0.717) is 17.5 Å². The minimum Gasteiger partial charge on any atom is -0.456 e. The van der Waals surface area contributed by atoms with Crippen LogP contribution in [0.1, 0.15) is 0 Å². The van der Waals surface area contributed by atoms with Crippen LogP contribution in [0.3, 0.4) is 0 Å². The van der Waals surface area contributed by atoms with E-state index < -0.39 is 8.07 Å². The van der Waals surface area contributed by atoms with E-state index >= 15 is 0 Å². The van der Waals surface area contributed by atoms with Crippen LogP contribution < -0.4 is 20.7 Å². The fraction of sp³-hybridized carbons (Fsp3) is 0. The van der Waals surface area contributed by atoms with Gasteiger partial charge in [0.1, 0.15) is 11.2 Å². The molecule has 292 valence electrons. The minimum atomic E-state index is -2.97. The molecule has 0 N–H and O–H groups in total. The van der Waals surface area contributed by atoms with Crippen LogP contribution in [-0.2, 0) is 0 Å². The Bertz CT molecular complexity index is 3180. The Hall–Kier alpha value is -7.99. The van der Waals surface area contributed by atoms with E-state index in [0.717, 1.165) is 55.5 Å². The summed E-state index contributed by atoms with van der Waals surface area (Å²) in [4.78, 5) is 15.0. The van der Waals surface area contributed by atoms with Gasteiger partial charge in [0.2, 0.25) is 0 Å². The highest BCUT2D eigenvalue weighted by Crippen LogP contribution is 2.35. The number of nitrogens with zero attached hydrogens (tertiary/aromatic N) is 3. The zero-order valence-corrected chi connectivity index (χ0v) is 34.8. The molecule has 0 unspecified atom stereocenters. The SMILES string of the molecule is c1ccc(-c2nc(-c3ccccc3)nc(-c3cccc(-c4cccc(-c5cc([Si](c6ccccc6)(c6ccccc6)c6ccccc6)c6c(c5)oc5ccccc56)c4)c3)n2)cc1. The van der Waals surface area contributed by atoms with Crippen molar-refractivity contribution in [2.45, 2.75) is 0 Å². The number of para-hydroxylation sites is 1. The van der Waals surface area contributed by atoms with Crippen molar-refractivity contribution in [1.82, 2.24) is 15.0 Å². The maximum atomic E-state index is 6.82. The van der Waals surface area contributed by atoms with Crippen molar-refractivity contribution >= 4 is 50.8 Å². The summed E-state index contributed by atoms with van der Waals surface area (Å²) in [5.41, 5.74) is 8.92. The predicted octanol–water partition coefficient (Wildman–Crippen LogP) is 11.5. The normalized spacial score (nSPS) is 11.5. The van der Waals surface area contributed by atoms with E-state index in [1.165, 1.54) is 26.1 Å². The molecule has 62 heavy (non-hydrogen) atoms. The predicted molar refractivity (Wildman–Crippen MR) is 258 cm³/mol. The molecule has 4 nitrogen and oxygen atoms in total. The Morgan fingerprint density at radius 1 is 0.290 bits per heavy atom. The zero-order chi connectivity index (χ0) is 41.3. The summed E-state index contributed by atoms with van der Waals surface area (Å²) >= 11 is 0. The standard InChI is InChI=1S/C57H39N3OSi/c1-6-20-40(21-7-1)55-58-56(41-22-8-2-9-23-41)60-57(59-55)45-27-19-25-43(37-45)42-24-18-26-44(36-42)46-38-52-54(50-34-16-17-35-51(50)61-52)53(39-46)62(47-28-10-3-11-29-47,48-30-12-4-13-31-48)49-32-14-5-15-33-49/h1-39H. The molecule has 2 aromatic heterocycles. The molecule has 11 rings (SSSR count). The van der Waals surface area contributed by atoms with Crippen LogP contribution in [0, 0.1) is 0 Å². The average molecular weight is 810 g/mol. The van der Waals surface area contributed by atoms with Crippen LogP contribution in [-0.4, -0.2) is 23.0 Å². The first-order valence-corrected chi connectivity index (χ1v) is 22.9. The molecule has 0 saturated carbocycles. The van der Waals surface area contributed by atoms with Gasteiger partial charge in [0, 0.05) is 27.5 Å². The molecule has 0 spiro atoms. The first-order chi connectivity index (χ1) is 30.7. The summed E-state index contributed by atoms with van der Waals surface area (Å²) in [6.07, 6.45) is 0. The average Bonchev–Trinajstić information content (AvgIpc) is 3.74. The summed E-state index contributed by atoms with van der Waals surface area (Å²) in [6, 6.07) is 84.0. The summed E-state index contributed by atoms with van der Waals surface area (Å²) in [6.45, 7) is 0. The number of fused-ring (bicyclic) bond motifs is 3. The fourth-order valence-corrected chi connectivity index (χ4v) is 14.0. The van der Waals surface area contributed by atoms with Gasteiger partial charge in [0.15, 0.2) is 25.5 Å². The van der Waals surface area contributed by atoms with E-state index in [1.807, 2.05) is 60.7 Å². The van der Waals surface area contributed by atoms with Gasteiger partial charge in [-0.25, -0.2) is 15.0 Å². The van der Waals surface area contributed by atoms with Crippen LogP contribution in [0.25, 0.3) is 78.4 Å². The van der Waals surface area contributed by atoms with E-state index in [-0.39, 0.29) is 0 Å². The van der Waals surface area contributed by atoms with Crippen molar-refractivity contribution in [1.29, 1.82) is 0 Å². The lowest BCUT2D eigenvalue weighted by Crippen LogP contribution is -2.74. The molecule has 0 atom stereocenters. The van der Waals surface area contributed by atoms with Crippen LogP contribution in [0.15, 0.2) is 241 Å². The molecule has 5 heteroatoms. The van der Waals surface area contributed by atoms with Gasteiger partial charge in [-0.2, -0.15) is 0 Å². The number of furan rings is 1. The van der Waals surface area contributed by atoms with Crippen molar-refractivity contribution < 1.29 is 4.42 Å². The largest absolute Gasteiger partial charge is 0.456 e. The second kappa shape index (κ2) is 15.9. The van der Waals surface area contributed by atoms with Crippen LogP contribution >= 0.6 is 0 Å². The topological polar surface area (TPSA) is 51.8 Å². The molecule has 0 amide bonds. The zero-order valence-electron chi connectivity index (χ0n) is 33.8. The monoisotopic (exact) mass is 809 g/mol. The molecule has 0 bridgehead atoms. The van der Waals surface area contributed by atoms with E-state index in [4.69, 9.17) is 19.4 Å². The molecular formula is C57H39N3OSi. The number of benzene rings is 9. The van der Waals surface area contributed by atoms with Crippen LogP contribution in [0.5, 0.6) is 0 Å². The Kier molecular flexibility index (Phi) is 9.49.